The molecule has 6 heteroatoms. The van der Waals surface area contributed by atoms with Crippen molar-refractivity contribution in [2.24, 2.45) is 5.92 Å². The molecule has 0 spiro atoms. The molecule has 2 N–H and O–H groups in total. The van der Waals surface area contributed by atoms with Crippen LogP contribution in [0.5, 0.6) is 0 Å². The summed E-state index contributed by atoms with van der Waals surface area (Å²) < 4.78 is 4.95. The zero-order valence-corrected chi connectivity index (χ0v) is 11.2. The molecule has 0 aromatic carbocycles. The number of carbonyl (C=O) groups excluding carboxylic acids is 1. The van der Waals surface area contributed by atoms with Gasteiger partial charge < -0.3 is 15.2 Å². The van der Waals surface area contributed by atoms with E-state index in [2.05, 4.69) is 10.3 Å². The van der Waals surface area contributed by atoms with Crippen molar-refractivity contribution in [1.29, 1.82) is 0 Å². The van der Waals surface area contributed by atoms with E-state index in [0.717, 1.165) is 11.3 Å². The second kappa shape index (κ2) is 6.72. The number of pyridine rings is 1. The Bertz CT molecular complexity index is 442. The van der Waals surface area contributed by atoms with E-state index in [-0.39, 0.29) is 12.5 Å². The number of ether oxygens (including phenoxy) is 1. The molecule has 0 saturated heterocycles. The third-order valence-corrected chi connectivity index (χ3v) is 2.55. The predicted molar refractivity (Wildman–Crippen MR) is 68.6 cm³/mol. The number of carbonyl (C=O) groups is 2. The van der Waals surface area contributed by atoms with Crippen LogP contribution >= 0.6 is 0 Å². The Balaban J connectivity index is 2.47. The zero-order valence-electron chi connectivity index (χ0n) is 11.2. The molecule has 0 aliphatic carbocycles. The van der Waals surface area contributed by atoms with Crippen LogP contribution in [0, 0.1) is 12.8 Å². The summed E-state index contributed by atoms with van der Waals surface area (Å²) in [7, 11) is 0. The maximum Gasteiger partial charge on any atom is 0.408 e. The maximum absolute atomic E-state index is 11.5. The fraction of sp³-hybridized carbons (Fsp3) is 0.462. The van der Waals surface area contributed by atoms with E-state index >= 15 is 0 Å². The Morgan fingerprint density at radius 1 is 1.42 bits per heavy atom. The molecule has 0 aliphatic rings. The molecule has 1 aromatic heterocycles. The molecule has 104 valence electrons. The summed E-state index contributed by atoms with van der Waals surface area (Å²) in [5.41, 5.74) is 1.62. The molecule has 1 amide bonds. The number of hydrogen-bond acceptors (Lipinski definition) is 4. The lowest BCUT2D eigenvalue weighted by Crippen LogP contribution is -2.44. The Morgan fingerprint density at radius 2 is 2.11 bits per heavy atom. The molecular weight excluding hydrogens is 248 g/mol. The summed E-state index contributed by atoms with van der Waals surface area (Å²) >= 11 is 0. The van der Waals surface area contributed by atoms with Gasteiger partial charge in [-0.3, -0.25) is 4.98 Å². The summed E-state index contributed by atoms with van der Waals surface area (Å²) in [6, 6.07) is 2.65. The molecular formula is C13H18N2O4. The fourth-order valence-electron chi connectivity index (χ4n) is 1.41. The van der Waals surface area contributed by atoms with Crippen molar-refractivity contribution >= 4 is 12.1 Å². The molecule has 6 nitrogen and oxygen atoms in total. The number of hydrogen-bond donors (Lipinski definition) is 2. The van der Waals surface area contributed by atoms with E-state index in [4.69, 9.17) is 9.84 Å². The Morgan fingerprint density at radius 3 is 2.58 bits per heavy atom. The van der Waals surface area contributed by atoms with Crippen molar-refractivity contribution in [3.63, 3.8) is 0 Å². The Kier molecular flexibility index (Phi) is 5.29. The van der Waals surface area contributed by atoms with Crippen LogP contribution in [0.1, 0.15) is 25.1 Å². The van der Waals surface area contributed by atoms with Gasteiger partial charge in [-0.1, -0.05) is 19.9 Å². The van der Waals surface area contributed by atoms with Crippen molar-refractivity contribution < 1.29 is 19.4 Å². The van der Waals surface area contributed by atoms with Crippen molar-refractivity contribution in [3.8, 4) is 0 Å². The number of rotatable bonds is 5. The van der Waals surface area contributed by atoms with Crippen molar-refractivity contribution in [3.05, 3.63) is 29.6 Å². The van der Waals surface area contributed by atoms with Gasteiger partial charge in [0.15, 0.2) is 0 Å². The molecule has 1 aromatic rings. The number of carboxylic acid groups (broad SMARTS) is 1. The predicted octanol–water partition coefficient (Wildman–Crippen LogP) is 1.73. The van der Waals surface area contributed by atoms with Crippen LogP contribution in [0.2, 0.25) is 0 Å². The summed E-state index contributed by atoms with van der Waals surface area (Å²) in [6.07, 6.45) is 0.862. The van der Waals surface area contributed by atoms with Gasteiger partial charge in [-0.2, -0.15) is 0 Å². The number of aromatic nitrogens is 1. The highest BCUT2D eigenvalue weighted by atomic mass is 16.5. The van der Waals surface area contributed by atoms with Crippen LogP contribution in [0.15, 0.2) is 18.3 Å². The molecule has 0 saturated carbocycles. The maximum atomic E-state index is 11.5. The van der Waals surface area contributed by atoms with Gasteiger partial charge in [0, 0.05) is 17.5 Å². The molecule has 0 bridgehead atoms. The number of aliphatic carboxylic acids is 1. The van der Waals surface area contributed by atoms with Gasteiger partial charge in [-0.15, -0.1) is 0 Å². The van der Waals surface area contributed by atoms with Crippen LogP contribution in [-0.2, 0) is 16.1 Å². The molecule has 0 unspecified atom stereocenters. The van der Waals surface area contributed by atoms with Crippen LogP contribution in [-0.4, -0.2) is 28.2 Å². The second-order valence-electron chi connectivity index (χ2n) is 4.59. The van der Waals surface area contributed by atoms with Crippen LogP contribution in [0.25, 0.3) is 0 Å². The third kappa shape index (κ3) is 4.95. The molecule has 0 radical (unpaired) electrons. The normalized spacial score (nSPS) is 12.0. The summed E-state index contributed by atoms with van der Waals surface area (Å²) in [4.78, 5) is 26.5. The van der Waals surface area contributed by atoms with Gasteiger partial charge in [-0.25, -0.2) is 9.59 Å². The molecule has 19 heavy (non-hydrogen) atoms. The summed E-state index contributed by atoms with van der Waals surface area (Å²) in [6.45, 7) is 5.34. The Labute approximate surface area is 111 Å². The standard InChI is InChI=1S/C13H18N2O4/c1-8(2)11(12(16)17)15-13(18)19-7-10-5-4-9(3)14-6-10/h4-6,8,11H,7H2,1-3H3,(H,15,18)(H,16,17)/t11-/m0/s1. The van der Waals surface area contributed by atoms with E-state index in [9.17, 15) is 9.59 Å². The van der Waals surface area contributed by atoms with E-state index in [1.807, 2.05) is 13.0 Å². The van der Waals surface area contributed by atoms with Crippen LogP contribution in [0.4, 0.5) is 4.79 Å². The van der Waals surface area contributed by atoms with Gasteiger partial charge in [0.2, 0.25) is 0 Å². The zero-order chi connectivity index (χ0) is 14.4. The molecule has 1 atom stereocenters. The smallest absolute Gasteiger partial charge is 0.408 e. The molecule has 0 aliphatic heterocycles. The monoisotopic (exact) mass is 266 g/mol. The van der Waals surface area contributed by atoms with E-state index in [1.165, 1.54) is 0 Å². The lowest BCUT2D eigenvalue weighted by atomic mass is 10.1. The topological polar surface area (TPSA) is 88.5 Å². The highest BCUT2D eigenvalue weighted by Crippen LogP contribution is 2.04. The average Bonchev–Trinajstić information content (AvgIpc) is 2.34. The third-order valence-electron chi connectivity index (χ3n) is 2.55. The number of carboxylic acids is 1. The first-order valence-corrected chi connectivity index (χ1v) is 5.97. The van der Waals surface area contributed by atoms with Gasteiger partial charge in [0.05, 0.1) is 0 Å². The average molecular weight is 266 g/mol. The highest BCUT2D eigenvalue weighted by molar-refractivity contribution is 5.80. The van der Waals surface area contributed by atoms with Crippen molar-refractivity contribution in [1.82, 2.24) is 10.3 Å². The van der Waals surface area contributed by atoms with E-state index in [1.54, 1.807) is 26.1 Å². The first kappa shape index (κ1) is 14.9. The number of alkyl carbamates (subject to hydrolysis) is 1. The highest BCUT2D eigenvalue weighted by Gasteiger charge is 2.23. The van der Waals surface area contributed by atoms with Gasteiger partial charge in [0.25, 0.3) is 0 Å². The minimum atomic E-state index is -1.08. The van der Waals surface area contributed by atoms with Crippen LogP contribution < -0.4 is 5.32 Å². The molecule has 0 fully saturated rings. The SMILES string of the molecule is Cc1ccc(COC(=O)N[C@H](C(=O)O)C(C)C)cn1. The van der Waals surface area contributed by atoms with Crippen molar-refractivity contribution in [2.75, 3.05) is 0 Å². The summed E-state index contributed by atoms with van der Waals surface area (Å²) in [5.74, 6) is -1.30. The van der Waals surface area contributed by atoms with Gasteiger partial charge in [0.1, 0.15) is 12.6 Å². The second-order valence-corrected chi connectivity index (χ2v) is 4.59. The first-order chi connectivity index (χ1) is 8.90. The minimum Gasteiger partial charge on any atom is -0.480 e. The quantitative estimate of drug-likeness (QED) is 0.847. The largest absolute Gasteiger partial charge is 0.480 e. The molecule has 1 rings (SSSR count). The number of nitrogens with zero attached hydrogens (tertiary/aromatic N) is 1. The van der Waals surface area contributed by atoms with E-state index in [0.29, 0.717) is 0 Å². The minimum absolute atomic E-state index is 0.0591. The number of amides is 1. The first-order valence-electron chi connectivity index (χ1n) is 5.97. The Hall–Kier alpha value is -2.11. The lowest BCUT2D eigenvalue weighted by Gasteiger charge is -2.17. The number of aryl methyl sites for hydroxylation is 1. The van der Waals surface area contributed by atoms with Crippen molar-refractivity contribution in [2.45, 2.75) is 33.4 Å². The van der Waals surface area contributed by atoms with E-state index < -0.39 is 18.1 Å². The summed E-state index contributed by atoms with van der Waals surface area (Å²) in [5, 5.41) is 11.2. The fourth-order valence-corrected chi connectivity index (χ4v) is 1.41. The van der Waals surface area contributed by atoms with Gasteiger partial charge >= 0.3 is 12.1 Å². The lowest BCUT2D eigenvalue weighted by molar-refractivity contribution is -0.140. The molecule has 1 heterocycles. The van der Waals surface area contributed by atoms with Crippen LogP contribution in [0.3, 0.4) is 0 Å². The van der Waals surface area contributed by atoms with Gasteiger partial charge in [-0.05, 0) is 18.9 Å². The number of nitrogens with one attached hydrogen (secondary N) is 1.